The molecule has 122 valence electrons. The van der Waals surface area contributed by atoms with Crippen LogP contribution in [-0.2, 0) is 5.41 Å². The molecule has 1 N–H and O–H groups in total. The van der Waals surface area contributed by atoms with Crippen LogP contribution in [0.4, 0.5) is 0 Å². The summed E-state index contributed by atoms with van der Waals surface area (Å²) >= 11 is 0. The molecule has 0 unspecified atom stereocenters. The van der Waals surface area contributed by atoms with Crippen LogP contribution in [0.15, 0.2) is 57.7 Å². The zero-order valence-corrected chi connectivity index (χ0v) is 13.8. The van der Waals surface area contributed by atoms with Crippen LogP contribution in [0.3, 0.4) is 0 Å². The van der Waals surface area contributed by atoms with Gasteiger partial charge in [-0.15, -0.1) is 0 Å². The summed E-state index contributed by atoms with van der Waals surface area (Å²) in [4.78, 5) is 23.4. The van der Waals surface area contributed by atoms with Crippen molar-refractivity contribution in [2.24, 2.45) is 0 Å². The molecule has 0 radical (unpaired) electrons. The maximum Gasteiger partial charge on any atom is 0.335 e. The van der Waals surface area contributed by atoms with Crippen molar-refractivity contribution < 1.29 is 14.3 Å². The third kappa shape index (κ3) is 2.95. The smallest absolute Gasteiger partial charge is 0.335 e. The van der Waals surface area contributed by atoms with Crippen LogP contribution in [0.25, 0.3) is 22.3 Å². The van der Waals surface area contributed by atoms with Crippen molar-refractivity contribution in [2.45, 2.75) is 26.2 Å². The second kappa shape index (κ2) is 5.64. The predicted octanol–water partition coefficient (Wildman–Crippen LogP) is 4.46. The highest BCUT2D eigenvalue weighted by Gasteiger charge is 2.16. The number of benzene rings is 2. The highest BCUT2D eigenvalue weighted by molar-refractivity contribution is 5.88. The SMILES string of the molecule is CC(C)(C)c1ccc2oc(-c3ccc(C(=O)O)cc3)cc(=O)c2c1. The second-order valence-corrected chi connectivity index (χ2v) is 6.82. The molecule has 1 heterocycles. The van der Waals surface area contributed by atoms with Gasteiger partial charge in [-0.25, -0.2) is 4.79 Å². The van der Waals surface area contributed by atoms with Gasteiger partial charge in [-0.05, 0) is 35.2 Å². The molecule has 1 aromatic heterocycles. The maximum atomic E-state index is 12.5. The third-order valence-corrected chi connectivity index (χ3v) is 4.01. The molecule has 0 saturated carbocycles. The van der Waals surface area contributed by atoms with Crippen LogP contribution in [0, 0.1) is 0 Å². The predicted molar refractivity (Wildman–Crippen MR) is 93.6 cm³/mol. The Hall–Kier alpha value is -2.88. The first-order valence-corrected chi connectivity index (χ1v) is 7.68. The number of aromatic carboxylic acids is 1. The summed E-state index contributed by atoms with van der Waals surface area (Å²) in [5.74, 6) is -0.566. The van der Waals surface area contributed by atoms with Gasteiger partial charge in [0.15, 0.2) is 5.43 Å². The zero-order chi connectivity index (χ0) is 17.5. The average molecular weight is 322 g/mol. The Bertz CT molecular complexity index is 973. The molecule has 2 aromatic carbocycles. The fraction of sp³-hybridized carbons (Fsp3) is 0.200. The average Bonchev–Trinajstić information content (AvgIpc) is 2.53. The van der Waals surface area contributed by atoms with Gasteiger partial charge >= 0.3 is 5.97 Å². The number of hydrogen-bond acceptors (Lipinski definition) is 3. The molecule has 0 aliphatic heterocycles. The molecule has 0 fully saturated rings. The van der Waals surface area contributed by atoms with Crippen molar-refractivity contribution in [3.8, 4) is 11.3 Å². The van der Waals surface area contributed by atoms with Gasteiger partial charge in [0, 0.05) is 11.6 Å². The van der Waals surface area contributed by atoms with Crippen LogP contribution in [0.5, 0.6) is 0 Å². The van der Waals surface area contributed by atoms with E-state index in [0.717, 1.165) is 5.56 Å². The van der Waals surface area contributed by atoms with Crippen LogP contribution in [0.2, 0.25) is 0 Å². The number of hydrogen-bond donors (Lipinski definition) is 1. The molecule has 0 aliphatic rings. The van der Waals surface area contributed by atoms with Gasteiger partial charge in [0.25, 0.3) is 0 Å². The molecule has 0 aliphatic carbocycles. The highest BCUT2D eigenvalue weighted by Crippen LogP contribution is 2.27. The van der Waals surface area contributed by atoms with Gasteiger partial charge in [0.05, 0.1) is 10.9 Å². The Kier molecular flexibility index (Phi) is 3.76. The molecule has 3 rings (SSSR count). The monoisotopic (exact) mass is 322 g/mol. The van der Waals surface area contributed by atoms with Crippen LogP contribution in [-0.4, -0.2) is 11.1 Å². The molecule has 0 atom stereocenters. The van der Waals surface area contributed by atoms with Crippen molar-refractivity contribution in [3.63, 3.8) is 0 Å². The van der Waals surface area contributed by atoms with Crippen LogP contribution < -0.4 is 5.43 Å². The molecule has 4 nitrogen and oxygen atoms in total. The zero-order valence-electron chi connectivity index (χ0n) is 13.8. The van der Waals surface area contributed by atoms with Gasteiger partial charge in [-0.3, -0.25) is 4.79 Å². The molecule has 3 aromatic rings. The molecular weight excluding hydrogens is 304 g/mol. The van der Waals surface area contributed by atoms with E-state index in [9.17, 15) is 9.59 Å². The first-order chi connectivity index (χ1) is 11.3. The summed E-state index contributed by atoms with van der Waals surface area (Å²) in [6, 6.07) is 13.3. The van der Waals surface area contributed by atoms with Gasteiger partial charge in [-0.2, -0.15) is 0 Å². The summed E-state index contributed by atoms with van der Waals surface area (Å²) in [5, 5.41) is 9.50. The number of carbonyl (C=O) groups is 1. The van der Waals surface area contributed by atoms with E-state index in [1.54, 1.807) is 12.1 Å². The van der Waals surface area contributed by atoms with Gasteiger partial charge in [0.1, 0.15) is 11.3 Å². The first-order valence-electron chi connectivity index (χ1n) is 7.68. The lowest BCUT2D eigenvalue weighted by atomic mass is 9.86. The maximum absolute atomic E-state index is 12.5. The Morgan fingerprint density at radius 3 is 2.25 bits per heavy atom. The van der Waals surface area contributed by atoms with E-state index in [2.05, 4.69) is 20.8 Å². The van der Waals surface area contributed by atoms with E-state index in [4.69, 9.17) is 9.52 Å². The molecular formula is C20H18O4. The lowest BCUT2D eigenvalue weighted by Gasteiger charge is -2.19. The van der Waals surface area contributed by atoms with E-state index in [1.807, 2.05) is 18.2 Å². The number of carboxylic acid groups (broad SMARTS) is 1. The Morgan fingerprint density at radius 1 is 1.00 bits per heavy atom. The van der Waals surface area contributed by atoms with Crippen molar-refractivity contribution in [3.05, 3.63) is 69.9 Å². The van der Waals surface area contributed by atoms with E-state index >= 15 is 0 Å². The number of carboxylic acids is 1. The largest absolute Gasteiger partial charge is 0.478 e. The normalized spacial score (nSPS) is 11.6. The fourth-order valence-corrected chi connectivity index (χ4v) is 2.54. The van der Waals surface area contributed by atoms with Crippen LogP contribution >= 0.6 is 0 Å². The fourth-order valence-electron chi connectivity index (χ4n) is 2.54. The summed E-state index contributed by atoms with van der Waals surface area (Å²) in [7, 11) is 0. The lowest BCUT2D eigenvalue weighted by molar-refractivity contribution is 0.0697. The standard InChI is InChI=1S/C20H18O4/c1-20(2,3)14-8-9-17-15(10-14)16(21)11-18(24-17)12-4-6-13(7-5-12)19(22)23/h4-11H,1-3H3,(H,22,23). The topological polar surface area (TPSA) is 67.5 Å². The van der Waals surface area contributed by atoms with Gasteiger partial charge in [0.2, 0.25) is 0 Å². The first kappa shape index (κ1) is 16.0. The molecule has 0 spiro atoms. The quantitative estimate of drug-likeness (QED) is 0.756. The van der Waals surface area contributed by atoms with Gasteiger partial charge in [-0.1, -0.05) is 39.0 Å². The van der Waals surface area contributed by atoms with E-state index < -0.39 is 5.97 Å². The Morgan fingerprint density at radius 2 is 1.67 bits per heavy atom. The van der Waals surface area contributed by atoms with E-state index in [0.29, 0.717) is 22.3 Å². The van der Waals surface area contributed by atoms with E-state index in [1.165, 1.54) is 18.2 Å². The summed E-state index contributed by atoms with van der Waals surface area (Å²) in [5.41, 5.74) is 2.29. The van der Waals surface area contributed by atoms with Gasteiger partial charge < -0.3 is 9.52 Å². The molecule has 0 amide bonds. The van der Waals surface area contributed by atoms with Crippen molar-refractivity contribution in [1.29, 1.82) is 0 Å². The third-order valence-electron chi connectivity index (χ3n) is 4.01. The minimum absolute atomic E-state index is 0.0496. The second-order valence-electron chi connectivity index (χ2n) is 6.82. The lowest BCUT2D eigenvalue weighted by Crippen LogP contribution is -2.12. The highest BCUT2D eigenvalue weighted by atomic mass is 16.4. The minimum Gasteiger partial charge on any atom is -0.478 e. The van der Waals surface area contributed by atoms with Crippen LogP contribution in [0.1, 0.15) is 36.7 Å². The number of rotatable bonds is 2. The minimum atomic E-state index is -0.990. The molecule has 4 heteroatoms. The summed E-state index contributed by atoms with van der Waals surface area (Å²) in [6.45, 7) is 6.27. The Balaban J connectivity index is 2.11. The molecule has 0 bridgehead atoms. The summed E-state index contributed by atoms with van der Waals surface area (Å²) in [6.07, 6.45) is 0. The molecule has 24 heavy (non-hydrogen) atoms. The number of fused-ring (bicyclic) bond motifs is 1. The molecule has 0 saturated heterocycles. The summed E-state index contributed by atoms with van der Waals surface area (Å²) < 4.78 is 5.85. The van der Waals surface area contributed by atoms with Crippen molar-refractivity contribution >= 4 is 16.9 Å². The van der Waals surface area contributed by atoms with Crippen molar-refractivity contribution in [2.75, 3.05) is 0 Å². The Labute approximate surface area is 139 Å². The van der Waals surface area contributed by atoms with E-state index in [-0.39, 0.29) is 16.4 Å². The van der Waals surface area contributed by atoms with Crippen molar-refractivity contribution in [1.82, 2.24) is 0 Å².